The van der Waals surface area contributed by atoms with Crippen LogP contribution in [0.25, 0.3) is 0 Å². The molecule has 0 aliphatic heterocycles. The maximum Gasteiger partial charge on any atom is 0.0724 e. The largest absolute Gasteiger partial charge is 0.103 e. The molecule has 0 saturated carbocycles. The Morgan fingerprint density at radius 3 is 2.23 bits per heavy atom. The standard InChI is InChI=1S/C25H46Si/c1-7-10-13-14-15-16-18-23-21-24(26(4,5)6)20-22(17-11-8-2)25(23)19-12-9-3/h7,20,23H,1,8-19,21H2,2-6H3. The monoisotopic (exact) mass is 374 g/mol. The minimum Gasteiger partial charge on any atom is -0.103 e. The van der Waals surface area contributed by atoms with Crippen molar-refractivity contribution < 1.29 is 0 Å². The fourth-order valence-electron chi connectivity index (χ4n) is 4.18. The zero-order chi connectivity index (χ0) is 19.4. The summed E-state index contributed by atoms with van der Waals surface area (Å²) in [7, 11) is -1.19. The lowest BCUT2D eigenvalue weighted by atomic mass is 9.79. The van der Waals surface area contributed by atoms with Crippen LogP contribution < -0.4 is 0 Å². The lowest BCUT2D eigenvalue weighted by Gasteiger charge is -2.34. The molecule has 1 aliphatic carbocycles. The maximum atomic E-state index is 3.85. The predicted molar refractivity (Wildman–Crippen MR) is 124 cm³/mol. The van der Waals surface area contributed by atoms with Crippen LogP contribution in [0.15, 0.2) is 35.1 Å². The molecule has 0 saturated heterocycles. The first-order valence-electron chi connectivity index (χ1n) is 11.5. The average Bonchev–Trinajstić information content (AvgIpc) is 2.60. The van der Waals surface area contributed by atoms with Crippen molar-refractivity contribution in [3.05, 3.63) is 35.1 Å². The number of hydrogen-bond acceptors (Lipinski definition) is 0. The quantitative estimate of drug-likeness (QED) is 0.162. The van der Waals surface area contributed by atoms with Crippen molar-refractivity contribution in [2.45, 2.75) is 117 Å². The average molecular weight is 375 g/mol. The molecule has 0 aromatic carbocycles. The second-order valence-corrected chi connectivity index (χ2v) is 14.5. The molecule has 1 unspecified atom stereocenters. The minimum absolute atomic E-state index is 0.847. The molecule has 0 fully saturated rings. The number of unbranched alkanes of at least 4 members (excludes halogenated alkanes) is 6. The van der Waals surface area contributed by atoms with E-state index in [-0.39, 0.29) is 0 Å². The predicted octanol–water partition coefficient (Wildman–Crippen LogP) is 9.01. The molecule has 0 aromatic rings. The van der Waals surface area contributed by atoms with Crippen LogP contribution in [-0.2, 0) is 0 Å². The van der Waals surface area contributed by atoms with Crippen molar-refractivity contribution in [1.29, 1.82) is 0 Å². The molecule has 0 heterocycles. The van der Waals surface area contributed by atoms with Gasteiger partial charge in [0.2, 0.25) is 0 Å². The Labute approximate surface area is 166 Å². The number of allylic oxidation sites excluding steroid dienone is 5. The third-order valence-electron chi connectivity index (χ3n) is 5.99. The minimum atomic E-state index is -1.19. The number of rotatable bonds is 14. The van der Waals surface area contributed by atoms with Crippen LogP contribution in [0, 0.1) is 5.92 Å². The van der Waals surface area contributed by atoms with Crippen LogP contribution in [0.2, 0.25) is 19.6 Å². The zero-order valence-corrected chi connectivity index (χ0v) is 19.6. The van der Waals surface area contributed by atoms with E-state index in [1.54, 1.807) is 5.57 Å². The van der Waals surface area contributed by atoms with E-state index in [1.807, 2.05) is 10.8 Å². The van der Waals surface area contributed by atoms with Gasteiger partial charge >= 0.3 is 0 Å². The Morgan fingerprint density at radius 1 is 0.962 bits per heavy atom. The first-order chi connectivity index (χ1) is 12.4. The van der Waals surface area contributed by atoms with Crippen molar-refractivity contribution in [2.75, 3.05) is 0 Å². The van der Waals surface area contributed by atoms with Crippen LogP contribution in [0.4, 0.5) is 0 Å². The van der Waals surface area contributed by atoms with Gasteiger partial charge in [-0.3, -0.25) is 0 Å². The van der Waals surface area contributed by atoms with E-state index in [1.165, 1.54) is 83.5 Å². The molecule has 0 spiro atoms. The SMILES string of the molecule is C=CCCCCCCC1CC([Si](C)(C)C)=CC(CCCC)=C1CCCC. The Hall–Kier alpha value is -0.563. The summed E-state index contributed by atoms with van der Waals surface area (Å²) < 4.78 is 0. The fourth-order valence-corrected chi connectivity index (χ4v) is 5.64. The number of hydrogen-bond donors (Lipinski definition) is 0. The van der Waals surface area contributed by atoms with E-state index in [0.29, 0.717) is 0 Å². The van der Waals surface area contributed by atoms with Gasteiger partial charge in [0.25, 0.3) is 0 Å². The second kappa shape index (κ2) is 12.8. The van der Waals surface area contributed by atoms with Crippen molar-refractivity contribution in [2.24, 2.45) is 5.92 Å². The Bertz CT molecular complexity index is 461. The van der Waals surface area contributed by atoms with Gasteiger partial charge in [-0.15, -0.1) is 6.58 Å². The van der Waals surface area contributed by atoms with E-state index >= 15 is 0 Å². The van der Waals surface area contributed by atoms with Crippen LogP contribution in [0.5, 0.6) is 0 Å². The summed E-state index contributed by atoms with van der Waals surface area (Å²) in [6.07, 6.45) is 22.3. The van der Waals surface area contributed by atoms with E-state index in [2.05, 4.69) is 52.2 Å². The van der Waals surface area contributed by atoms with Crippen LogP contribution in [0.1, 0.15) is 97.3 Å². The summed E-state index contributed by atoms with van der Waals surface area (Å²) in [5.74, 6) is 0.847. The van der Waals surface area contributed by atoms with E-state index in [0.717, 1.165) is 5.92 Å². The van der Waals surface area contributed by atoms with E-state index < -0.39 is 8.07 Å². The highest BCUT2D eigenvalue weighted by atomic mass is 28.3. The lowest BCUT2D eigenvalue weighted by Crippen LogP contribution is -2.29. The molecular formula is C25H46Si. The van der Waals surface area contributed by atoms with Gasteiger partial charge in [0.1, 0.15) is 0 Å². The normalized spacial score (nSPS) is 18.2. The highest BCUT2D eigenvalue weighted by Gasteiger charge is 2.29. The highest BCUT2D eigenvalue weighted by molar-refractivity contribution is 6.83. The van der Waals surface area contributed by atoms with E-state index in [9.17, 15) is 0 Å². The van der Waals surface area contributed by atoms with Gasteiger partial charge in [-0.2, -0.15) is 0 Å². The molecule has 0 radical (unpaired) electrons. The van der Waals surface area contributed by atoms with E-state index in [4.69, 9.17) is 0 Å². The summed E-state index contributed by atoms with van der Waals surface area (Å²) in [6, 6.07) is 0. The molecule has 0 nitrogen and oxygen atoms in total. The van der Waals surface area contributed by atoms with Crippen molar-refractivity contribution in [3.63, 3.8) is 0 Å². The second-order valence-electron chi connectivity index (χ2n) is 9.36. The summed E-state index contributed by atoms with van der Waals surface area (Å²) in [5.41, 5.74) is 3.61. The summed E-state index contributed by atoms with van der Waals surface area (Å²) in [5, 5.41) is 1.83. The molecule has 150 valence electrons. The molecule has 1 atom stereocenters. The van der Waals surface area contributed by atoms with Gasteiger partial charge in [-0.1, -0.05) is 88.5 Å². The Morgan fingerprint density at radius 2 is 1.62 bits per heavy atom. The molecule has 0 N–H and O–H groups in total. The van der Waals surface area contributed by atoms with Gasteiger partial charge < -0.3 is 0 Å². The molecule has 0 amide bonds. The third kappa shape index (κ3) is 8.42. The van der Waals surface area contributed by atoms with Crippen molar-refractivity contribution >= 4 is 8.07 Å². The third-order valence-corrected chi connectivity index (χ3v) is 8.27. The van der Waals surface area contributed by atoms with Gasteiger partial charge in [0.15, 0.2) is 0 Å². The van der Waals surface area contributed by atoms with Crippen molar-refractivity contribution in [3.8, 4) is 0 Å². The maximum absolute atomic E-state index is 3.85. The van der Waals surface area contributed by atoms with Gasteiger partial charge in [-0.05, 0) is 62.9 Å². The van der Waals surface area contributed by atoms with Gasteiger partial charge in [0.05, 0.1) is 8.07 Å². The molecule has 0 aromatic heterocycles. The smallest absolute Gasteiger partial charge is 0.0724 e. The Kier molecular flexibility index (Phi) is 11.5. The zero-order valence-electron chi connectivity index (χ0n) is 18.6. The topological polar surface area (TPSA) is 0 Å². The molecular weight excluding hydrogens is 328 g/mol. The molecule has 1 heteroatoms. The molecule has 26 heavy (non-hydrogen) atoms. The van der Waals surface area contributed by atoms with Crippen molar-refractivity contribution in [1.82, 2.24) is 0 Å². The first-order valence-corrected chi connectivity index (χ1v) is 15.0. The van der Waals surface area contributed by atoms with Crippen LogP contribution in [-0.4, -0.2) is 8.07 Å². The summed E-state index contributed by atoms with van der Waals surface area (Å²) >= 11 is 0. The fraction of sp³-hybridized carbons (Fsp3) is 0.760. The lowest BCUT2D eigenvalue weighted by molar-refractivity contribution is 0.480. The first kappa shape index (κ1) is 23.5. The van der Waals surface area contributed by atoms with Crippen LogP contribution >= 0.6 is 0 Å². The Balaban J connectivity index is 2.86. The van der Waals surface area contributed by atoms with Crippen LogP contribution in [0.3, 0.4) is 0 Å². The molecule has 0 bridgehead atoms. The summed E-state index contributed by atoms with van der Waals surface area (Å²) in [4.78, 5) is 0. The van der Waals surface area contributed by atoms with Gasteiger partial charge in [0, 0.05) is 0 Å². The molecule has 1 rings (SSSR count). The summed E-state index contributed by atoms with van der Waals surface area (Å²) in [6.45, 7) is 16.1. The molecule has 1 aliphatic rings. The highest BCUT2D eigenvalue weighted by Crippen LogP contribution is 2.40. The van der Waals surface area contributed by atoms with Gasteiger partial charge in [-0.25, -0.2) is 0 Å².